The lowest BCUT2D eigenvalue weighted by Crippen LogP contribution is -2.41. The predicted molar refractivity (Wildman–Crippen MR) is 77.9 cm³/mol. The second-order valence-corrected chi connectivity index (χ2v) is 5.38. The molecule has 1 aliphatic carbocycles. The van der Waals surface area contributed by atoms with Gasteiger partial charge in [0.15, 0.2) is 0 Å². The van der Waals surface area contributed by atoms with E-state index in [1.165, 1.54) is 36.9 Å². The van der Waals surface area contributed by atoms with Crippen LogP contribution in [0.15, 0.2) is 24.3 Å². The summed E-state index contributed by atoms with van der Waals surface area (Å²) in [7, 11) is 2.26. The topological polar surface area (TPSA) is 15.3 Å². The highest BCUT2D eigenvalue weighted by Crippen LogP contribution is 2.33. The molecule has 2 rings (SSSR count). The second kappa shape index (κ2) is 6.35. The summed E-state index contributed by atoms with van der Waals surface area (Å²) < 4.78 is 0. The van der Waals surface area contributed by atoms with Crippen LogP contribution in [0.2, 0.25) is 0 Å². The van der Waals surface area contributed by atoms with E-state index in [1.807, 2.05) is 0 Å². The summed E-state index contributed by atoms with van der Waals surface area (Å²) in [6, 6.07) is 10.0. The molecule has 1 aromatic carbocycles. The maximum atomic E-state index is 3.74. The Balaban J connectivity index is 2.16. The van der Waals surface area contributed by atoms with Gasteiger partial charge >= 0.3 is 0 Å². The number of hydrogen-bond acceptors (Lipinski definition) is 2. The highest BCUT2D eigenvalue weighted by Gasteiger charge is 2.33. The summed E-state index contributed by atoms with van der Waals surface area (Å²) in [5.41, 5.74) is 3.04. The van der Waals surface area contributed by atoms with Crippen molar-refractivity contribution in [1.29, 1.82) is 0 Å². The zero-order chi connectivity index (χ0) is 13.0. The predicted octanol–water partition coefficient (Wildman–Crippen LogP) is 2.99. The summed E-state index contributed by atoms with van der Waals surface area (Å²) in [6.07, 6.45) is 3.61. The highest BCUT2D eigenvalue weighted by molar-refractivity contribution is 5.37. The lowest BCUT2D eigenvalue weighted by molar-refractivity contribution is 0.204. The molecule has 1 aromatic rings. The number of hydrogen-bond donors (Lipinski definition) is 1. The molecule has 100 valence electrons. The van der Waals surface area contributed by atoms with Crippen molar-refractivity contribution < 1.29 is 0 Å². The van der Waals surface area contributed by atoms with E-state index in [0.29, 0.717) is 12.1 Å². The number of rotatable bonds is 6. The van der Waals surface area contributed by atoms with Crippen molar-refractivity contribution in [3.05, 3.63) is 35.4 Å². The van der Waals surface area contributed by atoms with Crippen molar-refractivity contribution in [1.82, 2.24) is 10.2 Å². The van der Waals surface area contributed by atoms with E-state index in [0.717, 1.165) is 6.54 Å². The summed E-state index contributed by atoms with van der Waals surface area (Å²) >= 11 is 0. The van der Waals surface area contributed by atoms with Gasteiger partial charge in [-0.3, -0.25) is 0 Å². The summed E-state index contributed by atoms with van der Waals surface area (Å²) in [5.74, 6) is 0. The van der Waals surface area contributed by atoms with Crippen molar-refractivity contribution >= 4 is 0 Å². The molecule has 2 heteroatoms. The fraction of sp³-hybridized carbons (Fsp3) is 0.625. The third-order valence-corrected chi connectivity index (χ3v) is 3.96. The van der Waals surface area contributed by atoms with Crippen LogP contribution in [0, 0.1) is 0 Å². The number of nitrogens with one attached hydrogen (secondary N) is 1. The Morgan fingerprint density at radius 3 is 2.72 bits per heavy atom. The van der Waals surface area contributed by atoms with E-state index in [2.05, 4.69) is 55.4 Å². The molecule has 1 aliphatic rings. The molecule has 2 nitrogen and oxygen atoms in total. The maximum absolute atomic E-state index is 3.74. The van der Waals surface area contributed by atoms with E-state index in [9.17, 15) is 0 Å². The third kappa shape index (κ3) is 2.76. The van der Waals surface area contributed by atoms with Gasteiger partial charge in [-0.25, -0.2) is 0 Å². The number of likely N-dealkylation sites (N-methyl/N-ethyl adjacent to an activating group) is 1. The van der Waals surface area contributed by atoms with E-state index >= 15 is 0 Å². The molecule has 2 unspecified atom stereocenters. The van der Waals surface area contributed by atoms with Crippen LogP contribution >= 0.6 is 0 Å². The zero-order valence-corrected chi connectivity index (χ0v) is 11.9. The summed E-state index contributed by atoms with van der Waals surface area (Å²) in [6.45, 7) is 6.78. The number of benzene rings is 1. The van der Waals surface area contributed by atoms with Crippen molar-refractivity contribution in [3.8, 4) is 0 Å². The van der Waals surface area contributed by atoms with Crippen LogP contribution in [0.5, 0.6) is 0 Å². The van der Waals surface area contributed by atoms with Gasteiger partial charge in [0, 0.05) is 12.1 Å². The molecule has 2 atom stereocenters. The van der Waals surface area contributed by atoms with Gasteiger partial charge in [-0.15, -0.1) is 0 Å². The average molecular weight is 246 g/mol. The summed E-state index contributed by atoms with van der Waals surface area (Å²) in [4.78, 5) is 2.52. The van der Waals surface area contributed by atoms with E-state index in [1.54, 1.807) is 0 Å². The fourth-order valence-electron chi connectivity index (χ4n) is 3.05. The SMILES string of the molecule is CCCNC1c2ccccc2CC1N(C)CCC. The largest absolute Gasteiger partial charge is 0.309 e. The van der Waals surface area contributed by atoms with Crippen LogP contribution in [-0.4, -0.2) is 31.1 Å². The zero-order valence-electron chi connectivity index (χ0n) is 11.9. The van der Waals surface area contributed by atoms with Crippen LogP contribution in [0.25, 0.3) is 0 Å². The van der Waals surface area contributed by atoms with Gasteiger partial charge in [0.05, 0.1) is 0 Å². The number of fused-ring (bicyclic) bond motifs is 1. The fourth-order valence-corrected chi connectivity index (χ4v) is 3.05. The molecule has 0 spiro atoms. The van der Waals surface area contributed by atoms with Gasteiger partial charge in [-0.2, -0.15) is 0 Å². The first-order valence-corrected chi connectivity index (χ1v) is 7.29. The van der Waals surface area contributed by atoms with E-state index in [-0.39, 0.29) is 0 Å². The van der Waals surface area contributed by atoms with Crippen LogP contribution in [0.1, 0.15) is 43.9 Å². The van der Waals surface area contributed by atoms with E-state index < -0.39 is 0 Å². The lowest BCUT2D eigenvalue weighted by Gasteiger charge is -2.30. The third-order valence-electron chi connectivity index (χ3n) is 3.96. The average Bonchev–Trinajstić information content (AvgIpc) is 2.75. The van der Waals surface area contributed by atoms with Crippen molar-refractivity contribution in [3.63, 3.8) is 0 Å². The molecule has 0 saturated heterocycles. The monoisotopic (exact) mass is 246 g/mol. The standard InChI is InChI=1S/C16H26N2/c1-4-10-17-16-14-9-7-6-8-13(14)12-15(16)18(3)11-5-2/h6-9,15-17H,4-5,10-12H2,1-3H3. The molecule has 0 saturated carbocycles. The molecule has 1 N–H and O–H groups in total. The van der Waals surface area contributed by atoms with Gasteiger partial charge < -0.3 is 10.2 Å². The first-order chi connectivity index (χ1) is 8.77. The minimum atomic E-state index is 0.512. The Labute approximate surface area is 111 Å². The first kappa shape index (κ1) is 13.6. The van der Waals surface area contributed by atoms with Crippen LogP contribution in [-0.2, 0) is 6.42 Å². The first-order valence-electron chi connectivity index (χ1n) is 7.29. The molecule has 0 bridgehead atoms. The molecule has 0 aromatic heterocycles. The van der Waals surface area contributed by atoms with Crippen molar-refractivity contribution in [2.45, 2.75) is 45.2 Å². The number of nitrogens with zero attached hydrogens (tertiary/aromatic N) is 1. The molecule has 0 fully saturated rings. The van der Waals surface area contributed by atoms with Gasteiger partial charge in [-0.1, -0.05) is 38.1 Å². The molecule has 18 heavy (non-hydrogen) atoms. The van der Waals surface area contributed by atoms with Crippen molar-refractivity contribution in [2.75, 3.05) is 20.1 Å². The Bertz CT molecular complexity index is 375. The molecular formula is C16H26N2. The van der Waals surface area contributed by atoms with Crippen molar-refractivity contribution in [2.24, 2.45) is 0 Å². The van der Waals surface area contributed by atoms with Gasteiger partial charge in [0.25, 0.3) is 0 Å². The minimum Gasteiger partial charge on any atom is -0.309 e. The Kier molecular flexibility index (Phi) is 4.79. The normalized spacial score (nSPS) is 22.4. The lowest BCUT2D eigenvalue weighted by atomic mass is 10.1. The van der Waals surface area contributed by atoms with Gasteiger partial charge in [0.1, 0.15) is 0 Å². The highest BCUT2D eigenvalue weighted by atomic mass is 15.2. The molecule has 0 radical (unpaired) electrons. The van der Waals surface area contributed by atoms with Crippen LogP contribution < -0.4 is 5.32 Å². The molecular weight excluding hydrogens is 220 g/mol. The maximum Gasteiger partial charge on any atom is 0.0484 e. The Hall–Kier alpha value is -0.860. The van der Waals surface area contributed by atoms with Gasteiger partial charge in [-0.05, 0) is 50.5 Å². The Morgan fingerprint density at radius 1 is 1.22 bits per heavy atom. The molecule has 0 heterocycles. The van der Waals surface area contributed by atoms with E-state index in [4.69, 9.17) is 0 Å². The van der Waals surface area contributed by atoms with Gasteiger partial charge in [0.2, 0.25) is 0 Å². The Morgan fingerprint density at radius 2 is 2.00 bits per heavy atom. The smallest absolute Gasteiger partial charge is 0.0484 e. The molecule has 0 amide bonds. The molecule has 0 aliphatic heterocycles. The quantitative estimate of drug-likeness (QED) is 0.830. The minimum absolute atomic E-state index is 0.512. The second-order valence-electron chi connectivity index (χ2n) is 5.38. The van der Waals surface area contributed by atoms with Crippen LogP contribution in [0.4, 0.5) is 0 Å². The van der Waals surface area contributed by atoms with Crippen LogP contribution in [0.3, 0.4) is 0 Å². The summed E-state index contributed by atoms with van der Waals surface area (Å²) in [5, 5.41) is 3.74.